The maximum atomic E-state index is 10.7. The van der Waals surface area contributed by atoms with Gasteiger partial charge in [0.25, 0.3) is 5.69 Å². The second kappa shape index (κ2) is 5.52. The van der Waals surface area contributed by atoms with E-state index in [1.54, 1.807) is 13.0 Å². The Labute approximate surface area is 113 Å². The lowest BCUT2D eigenvalue weighted by atomic mass is 10.1. The molecular weight excluding hydrogens is 244 g/mol. The Kier molecular flexibility index (Phi) is 3.99. The number of nitro groups is 1. The van der Waals surface area contributed by atoms with Crippen LogP contribution in [0.4, 0.5) is 11.5 Å². The third kappa shape index (κ3) is 3.41. The first kappa shape index (κ1) is 13.7. The molecule has 1 aromatic rings. The molecule has 0 bridgehead atoms. The average Bonchev–Trinajstić information content (AvgIpc) is 3.12. The molecule has 1 unspecified atom stereocenters. The van der Waals surface area contributed by atoms with Gasteiger partial charge in [0.15, 0.2) is 0 Å². The maximum Gasteiger partial charge on any atom is 0.290 e. The number of anilines is 1. The van der Waals surface area contributed by atoms with E-state index in [0.29, 0.717) is 17.4 Å². The Morgan fingerprint density at radius 2 is 2.26 bits per heavy atom. The summed E-state index contributed by atoms with van der Waals surface area (Å²) < 4.78 is 0. The summed E-state index contributed by atoms with van der Waals surface area (Å²) in [4.78, 5) is 16.6. The molecule has 1 aromatic heterocycles. The number of aromatic nitrogens is 1. The SMILES string of the molecule is Cc1cc(NCC(C2CC2)N(C)C)ncc1[N+](=O)[O-]. The van der Waals surface area contributed by atoms with Crippen molar-refractivity contribution < 1.29 is 4.92 Å². The van der Waals surface area contributed by atoms with Crippen LogP contribution in [0.5, 0.6) is 0 Å². The molecular formula is C13H20N4O2. The van der Waals surface area contributed by atoms with E-state index in [1.165, 1.54) is 19.0 Å². The number of aryl methyl sites for hydroxylation is 1. The highest BCUT2D eigenvalue weighted by atomic mass is 16.6. The molecule has 0 amide bonds. The van der Waals surface area contributed by atoms with E-state index >= 15 is 0 Å². The van der Waals surface area contributed by atoms with Gasteiger partial charge in [-0.3, -0.25) is 10.1 Å². The zero-order chi connectivity index (χ0) is 14.0. The van der Waals surface area contributed by atoms with E-state index < -0.39 is 4.92 Å². The van der Waals surface area contributed by atoms with Crippen molar-refractivity contribution in [2.24, 2.45) is 5.92 Å². The van der Waals surface area contributed by atoms with Crippen LogP contribution in [-0.4, -0.2) is 41.5 Å². The van der Waals surface area contributed by atoms with Gasteiger partial charge in [0.2, 0.25) is 0 Å². The van der Waals surface area contributed by atoms with E-state index in [1.807, 2.05) is 0 Å². The van der Waals surface area contributed by atoms with Gasteiger partial charge < -0.3 is 10.2 Å². The minimum atomic E-state index is -0.404. The molecule has 0 saturated heterocycles. The number of hydrogen-bond donors (Lipinski definition) is 1. The third-order valence-corrected chi connectivity index (χ3v) is 3.60. The predicted octanol–water partition coefficient (Wildman–Crippen LogP) is 2.05. The summed E-state index contributed by atoms with van der Waals surface area (Å²) in [7, 11) is 4.17. The summed E-state index contributed by atoms with van der Waals surface area (Å²) in [5.74, 6) is 1.47. The van der Waals surface area contributed by atoms with Crippen molar-refractivity contribution in [1.82, 2.24) is 9.88 Å². The molecule has 104 valence electrons. The number of pyridine rings is 1. The van der Waals surface area contributed by atoms with E-state index in [-0.39, 0.29) is 5.69 Å². The Bertz CT molecular complexity index is 470. The number of likely N-dealkylation sites (N-methyl/N-ethyl adjacent to an activating group) is 1. The predicted molar refractivity (Wildman–Crippen MR) is 74.3 cm³/mol. The quantitative estimate of drug-likeness (QED) is 0.629. The third-order valence-electron chi connectivity index (χ3n) is 3.60. The number of nitrogens with one attached hydrogen (secondary N) is 1. The van der Waals surface area contributed by atoms with Crippen molar-refractivity contribution in [3.8, 4) is 0 Å². The Hall–Kier alpha value is -1.69. The minimum absolute atomic E-state index is 0.0666. The maximum absolute atomic E-state index is 10.7. The summed E-state index contributed by atoms with van der Waals surface area (Å²) in [6.07, 6.45) is 3.90. The van der Waals surface area contributed by atoms with Crippen LogP contribution in [0.3, 0.4) is 0 Å². The largest absolute Gasteiger partial charge is 0.368 e. The first-order chi connectivity index (χ1) is 8.99. The first-order valence-electron chi connectivity index (χ1n) is 6.50. The fourth-order valence-electron chi connectivity index (χ4n) is 2.30. The van der Waals surface area contributed by atoms with Crippen LogP contribution in [0.25, 0.3) is 0 Å². The van der Waals surface area contributed by atoms with Crippen LogP contribution in [-0.2, 0) is 0 Å². The highest BCUT2D eigenvalue weighted by Crippen LogP contribution is 2.34. The highest BCUT2D eigenvalue weighted by molar-refractivity contribution is 5.46. The normalized spacial score (nSPS) is 16.4. The Morgan fingerprint density at radius 1 is 1.58 bits per heavy atom. The van der Waals surface area contributed by atoms with Crippen molar-refractivity contribution in [2.45, 2.75) is 25.8 Å². The fraction of sp³-hybridized carbons (Fsp3) is 0.615. The lowest BCUT2D eigenvalue weighted by Crippen LogP contribution is -2.36. The van der Waals surface area contributed by atoms with Crippen molar-refractivity contribution in [3.63, 3.8) is 0 Å². The summed E-state index contributed by atoms with van der Waals surface area (Å²) in [5.41, 5.74) is 0.701. The van der Waals surface area contributed by atoms with Gasteiger partial charge >= 0.3 is 0 Å². The highest BCUT2D eigenvalue weighted by Gasteiger charge is 2.32. The van der Waals surface area contributed by atoms with Crippen molar-refractivity contribution in [2.75, 3.05) is 26.0 Å². The summed E-state index contributed by atoms with van der Waals surface area (Å²) in [6.45, 7) is 2.55. The molecule has 0 radical (unpaired) electrons. The van der Waals surface area contributed by atoms with Gasteiger partial charge in [-0.2, -0.15) is 0 Å². The zero-order valence-corrected chi connectivity index (χ0v) is 11.6. The summed E-state index contributed by atoms with van der Waals surface area (Å²) in [5, 5.41) is 14.0. The molecule has 1 heterocycles. The molecule has 19 heavy (non-hydrogen) atoms. The van der Waals surface area contributed by atoms with Gasteiger partial charge in [0.1, 0.15) is 12.0 Å². The van der Waals surface area contributed by atoms with Crippen LogP contribution in [0.2, 0.25) is 0 Å². The van der Waals surface area contributed by atoms with Gasteiger partial charge in [-0.15, -0.1) is 0 Å². The average molecular weight is 264 g/mol. The molecule has 0 aromatic carbocycles. The second-order valence-corrected chi connectivity index (χ2v) is 5.36. The minimum Gasteiger partial charge on any atom is -0.368 e. The Morgan fingerprint density at radius 3 is 2.74 bits per heavy atom. The van der Waals surface area contributed by atoms with Crippen LogP contribution in [0.15, 0.2) is 12.3 Å². The van der Waals surface area contributed by atoms with E-state index in [9.17, 15) is 10.1 Å². The molecule has 1 N–H and O–H groups in total. The monoisotopic (exact) mass is 264 g/mol. The molecule has 2 rings (SSSR count). The standard InChI is InChI=1S/C13H20N4O2/c1-9-6-13(14-7-11(9)17(18)19)15-8-12(16(2)3)10-4-5-10/h6-7,10,12H,4-5,8H2,1-3H3,(H,14,15). The molecule has 6 heteroatoms. The van der Waals surface area contributed by atoms with Crippen molar-refractivity contribution in [3.05, 3.63) is 27.9 Å². The molecule has 1 saturated carbocycles. The summed E-state index contributed by atoms with van der Waals surface area (Å²) in [6, 6.07) is 2.23. The van der Waals surface area contributed by atoms with Gasteiger partial charge in [0.05, 0.1) is 4.92 Å². The van der Waals surface area contributed by atoms with E-state index in [2.05, 4.69) is 29.3 Å². The van der Waals surface area contributed by atoms with Crippen molar-refractivity contribution in [1.29, 1.82) is 0 Å². The fourth-order valence-corrected chi connectivity index (χ4v) is 2.30. The summed E-state index contributed by atoms with van der Waals surface area (Å²) >= 11 is 0. The van der Waals surface area contributed by atoms with E-state index in [0.717, 1.165) is 12.5 Å². The van der Waals surface area contributed by atoms with Gasteiger partial charge in [-0.25, -0.2) is 4.98 Å². The number of nitrogens with zero attached hydrogens (tertiary/aromatic N) is 3. The smallest absolute Gasteiger partial charge is 0.290 e. The van der Waals surface area contributed by atoms with Gasteiger partial charge in [0, 0.05) is 18.2 Å². The lowest BCUT2D eigenvalue weighted by Gasteiger charge is -2.24. The topological polar surface area (TPSA) is 71.3 Å². The van der Waals surface area contributed by atoms with Crippen LogP contribution >= 0.6 is 0 Å². The van der Waals surface area contributed by atoms with Crippen LogP contribution < -0.4 is 5.32 Å². The molecule has 0 spiro atoms. The zero-order valence-electron chi connectivity index (χ0n) is 11.6. The molecule has 6 nitrogen and oxygen atoms in total. The van der Waals surface area contributed by atoms with Crippen LogP contribution in [0, 0.1) is 23.0 Å². The molecule has 0 aliphatic heterocycles. The number of rotatable bonds is 6. The molecule has 1 atom stereocenters. The molecule has 1 aliphatic carbocycles. The molecule has 1 fully saturated rings. The van der Waals surface area contributed by atoms with Crippen LogP contribution in [0.1, 0.15) is 18.4 Å². The first-order valence-corrected chi connectivity index (χ1v) is 6.50. The van der Waals surface area contributed by atoms with E-state index in [4.69, 9.17) is 0 Å². The second-order valence-electron chi connectivity index (χ2n) is 5.36. The lowest BCUT2D eigenvalue weighted by molar-refractivity contribution is -0.385. The van der Waals surface area contributed by atoms with Crippen molar-refractivity contribution >= 4 is 11.5 Å². The van der Waals surface area contributed by atoms with Gasteiger partial charge in [-0.1, -0.05) is 0 Å². The van der Waals surface area contributed by atoms with Gasteiger partial charge in [-0.05, 0) is 45.8 Å². The molecule has 1 aliphatic rings. The number of hydrogen-bond acceptors (Lipinski definition) is 5. The Balaban J connectivity index is 1.99.